The molecule has 4 rings (SSSR count). The molecule has 1 aromatic rings. The second-order valence-electron chi connectivity index (χ2n) is 6.78. The van der Waals surface area contributed by atoms with Crippen LogP contribution in [0.25, 0.3) is 0 Å². The zero-order chi connectivity index (χ0) is 13.5. The minimum atomic E-state index is 0.588. The van der Waals surface area contributed by atoms with Gasteiger partial charge in [0.1, 0.15) is 5.75 Å². The second-order valence-corrected chi connectivity index (χ2v) is 6.78. The molecule has 3 fully saturated rings. The van der Waals surface area contributed by atoms with E-state index in [0.717, 1.165) is 35.0 Å². The van der Waals surface area contributed by atoms with Gasteiger partial charge < -0.3 is 4.74 Å². The highest BCUT2D eigenvalue weighted by atomic mass is 16.5. The molecule has 1 aromatic carbocycles. The number of ether oxygens (including phenoxy) is 1. The first kappa shape index (κ1) is 12.4. The Morgan fingerprint density at radius 2 is 2.05 bits per heavy atom. The Hall–Kier alpha value is -1.31. The third-order valence-corrected chi connectivity index (χ3v) is 5.90. The lowest BCUT2D eigenvalue weighted by molar-refractivity contribution is 0.235. The van der Waals surface area contributed by atoms with Crippen molar-refractivity contribution in [3.63, 3.8) is 0 Å². The summed E-state index contributed by atoms with van der Waals surface area (Å²) in [5.74, 6) is 4.84. The normalized spacial score (nSPS) is 38.5. The highest BCUT2D eigenvalue weighted by Crippen LogP contribution is 2.59. The highest BCUT2D eigenvalue weighted by Gasteiger charge is 2.53. The van der Waals surface area contributed by atoms with Crippen LogP contribution in [0.5, 0.6) is 5.75 Å². The first-order valence-corrected chi connectivity index (χ1v) is 8.02. The van der Waals surface area contributed by atoms with Crippen LogP contribution in [0.4, 0.5) is 0 Å². The molecule has 106 valence electrons. The summed E-state index contributed by atoms with van der Waals surface area (Å²) in [7, 11) is 1.71. The maximum absolute atomic E-state index is 5.27. The number of nitrogens with zero attached hydrogens (tertiary/aromatic N) is 1. The van der Waals surface area contributed by atoms with Gasteiger partial charge in [-0.1, -0.05) is 18.6 Å². The molecule has 0 spiro atoms. The lowest BCUT2D eigenvalue weighted by Crippen LogP contribution is -2.27. The number of benzene rings is 1. The fraction of sp³-hybridized carbons (Fsp3) is 0.611. The van der Waals surface area contributed by atoms with Gasteiger partial charge in [0, 0.05) is 6.21 Å². The van der Waals surface area contributed by atoms with Crippen molar-refractivity contribution in [1.29, 1.82) is 0 Å². The SMILES string of the molecule is COc1cccc(C=NC2C[C@@H]3C[C@H]2[C@@H]2CCC[C@H]32)c1. The Morgan fingerprint density at radius 3 is 2.95 bits per heavy atom. The first-order chi connectivity index (χ1) is 9.85. The summed E-state index contributed by atoms with van der Waals surface area (Å²) in [6, 6.07) is 8.78. The number of aliphatic imine (C=N–C) groups is 1. The molecule has 3 aliphatic carbocycles. The summed E-state index contributed by atoms with van der Waals surface area (Å²) in [5.41, 5.74) is 1.16. The van der Waals surface area contributed by atoms with Crippen molar-refractivity contribution in [3.05, 3.63) is 29.8 Å². The van der Waals surface area contributed by atoms with E-state index in [2.05, 4.69) is 18.3 Å². The van der Waals surface area contributed by atoms with Crippen molar-refractivity contribution in [3.8, 4) is 5.75 Å². The van der Waals surface area contributed by atoms with Gasteiger partial charge in [-0.25, -0.2) is 0 Å². The molecule has 0 N–H and O–H groups in total. The van der Waals surface area contributed by atoms with Gasteiger partial charge in [0.15, 0.2) is 0 Å². The first-order valence-electron chi connectivity index (χ1n) is 8.02. The minimum Gasteiger partial charge on any atom is -0.497 e. The van der Waals surface area contributed by atoms with Gasteiger partial charge in [-0.15, -0.1) is 0 Å². The van der Waals surface area contributed by atoms with Crippen LogP contribution in [0.1, 0.15) is 37.7 Å². The largest absolute Gasteiger partial charge is 0.497 e. The van der Waals surface area contributed by atoms with E-state index in [1.807, 2.05) is 12.1 Å². The second kappa shape index (κ2) is 4.91. The number of methoxy groups -OCH3 is 1. The maximum atomic E-state index is 5.27. The summed E-state index contributed by atoms with van der Waals surface area (Å²) >= 11 is 0. The summed E-state index contributed by atoms with van der Waals surface area (Å²) in [4.78, 5) is 4.93. The van der Waals surface area contributed by atoms with E-state index >= 15 is 0 Å². The van der Waals surface area contributed by atoms with Crippen LogP contribution in [0, 0.1) is 23.7 Å². The molecule has 0 amide bonds. The molecule has 5 atom stereocenters. The van der Waals surface area contributed by atoms with Crippen LogP contribution in [0.15, 0.2) is 29.3 Å². The fourth-order valence-corrected chi connectivity index (χ4v) is 5.11. The van der Waals surface area contributed by atoms with Gasteiger partial charge in [0.05, 0.1) is 13.2 Å². The molecule has 0 aromatic heterocycles. The molecule has 3 aliphatic rings. The smallest absolute Gasteiger partial charge is 0.119 e. The van der Waals surface area contributed by atoms with Crippen molar-refractivity contribution >= 4 is 6.21 Å². The average molecular weight is 269 g/mol. The van der Waals surface area contributed by atoms with Crippen LogP contribution in [0.3, 0.4) is 0 Å². The Kier molecular flexibility index (Phi) is 3.05. The molecular weight excluding hydrogens is 246 g/mol. The Balaban J connectivity index is 1.48. The third kappa shape index (κ3) is 1.97. The zero-order valence-corrected chi connectivity index (χ0v) is 12.2. The van der Waals surface area contributed by atoms with E-state index in [-0.39, 0.29) is 0 Å². The van der Waals surface area contributed by atoms with Gasteiger partial charge in [0.2, 0.25) is 0 Å². The topological polar surface area (TPSA) is 21.6 Å². The minimum absolute atomic E-state index is 0.588. The summed E-state index contributed by atoms with van der Waals surface area (Å²) in [6.07, 6.45) is 9.30. The van der Waals surface area contributed by atoms with E-state index in [1.165, 1.54) is 32.1 Å². The molecule has 0 saturated heterocycles. The molecule has 0 radical (unpaired) electrons. The van der Waals surface area contributed by atoms with E-state index < -0.39 is 0 Å². The quantitative estimate of drug-likeness (QED) is 0.762. The van der Waals surface area contributed by atoms with Crippen molar-refractivity contribution in [2.24, 2.45) is 28.7 Å². The monoisotopic (exact) mass is 269 g/mol. The summed E-state index contributed by atoms with van der Waals surface area (Å²) < 4.78 is 5.27. The Morgan fingerprint density at radius 1 is 1.15 bits per heavy atom. The molecule has 2 heteroatoms. The van der Waals surface area contributed by atoms with Gasteiger partial charge in [-0.05, 0) is 67.1 Å². The standard InChI is InChI=1S/C18H23NO/c1-20-14-5-2-4-12(8-14)11-19-18-10-13-9-17(18)16-7-3-6-15(13)16/h2,4-5,8,11,13,15-18H,3,6-7,9-10H2,1H3/t13-,15+,16+,17-,18?/m0/s1. The van der Waals surface area contributed by atoms with Gasteiger partial charge in [-0.3, -0.25) is 4.99 Å². The van der Waals surface area contributed by atoms with Crippen LogP contribution in [-0.2, 0) is 0 Å². The predicted molar refractivity (Wildman–Crippen MR) is 81.4 cm³/mol. The van der Waals surface area contributed by atoms with E-state index in [0.29, 0.717) is 6.04 Å². The number of hydrogen-bond donors (Lipinski definition) is 0. The third-order valence-electron chi connectivity index (χ3n) is 5.90. The molecule has 0 aliphatic heterocycles. The Bertz CT molecular complexity index is 524. The molecule has 20 heavy (non-hydrogen) atoms. The number of rotatable bonds is 3. The molecule has 2 bridgehead atoms. The highest BCUT2D eigenvalue weighted by molar-refractivity contribution is 5.80. The number of hydrogen-bond acceptors (Lipinski definition) is 2. The van der Waals surface area contributed by atoms with Gasteiger partial charge >= 0.3 is 0 Å². The van der Waals surface area contributed by atoms with Crippen molar-refractivity contribution in [1.82, 2.24) is 0 Å². The Labute approximate surface area is 121 Å². The molecular formula is C18H23NO. The maximum Gasteiger partial charge on any atom is 0.119 e. The lowest BCUT2D eigenvalue weighted by Gasteiger charge is -2.29. The van der Waals surface area contributed by atoms with Crippen LogP contribution < -0.4 is 4.74 Å². The van der Waals surface area contributed by atoms with E-state index in [4.69, 9.17) is 9.73 Å². The van der Waals surface area contributed by atoms with Crippen molar-refractivity contribution < 1.29 is 4.74 Å². The molecule has 0 heterocycles. The summed E-state index contributed by atoms with van der Waals surface area (Å²) in [6.45, 7) is 0. The van der Waals surface area contributed by atoms with Crippen molar-refractivity contribution in [2.75, 3.05) is 7.11 Å². The predicted octanol–water partition coefficient (Wildman–Crippen LogP) is 3.94. The fourth-order valence-electron chi connectivity index (χ4n) is 5.11. The summed E-state index contributed by atoms with van der Waals surface area (Å²) in [5, 5.41) is 0. The van der Waals surface area contributed by atoms with Crippen LogP contribution in [-0.4, -0.2) is 19.4 Å². The molecule has 1 unspecified atom stereocenters. The van der Waals surface area contributed by atoms with E-state index in [9.17, 15) is 0 Å². The molecule has 2 nitrogen and oxygen atoms in total. The van der Waals surface area contributed by atoms with Crippen LogP contribution in [0.2, 0.25) is 0 Å². The van der Waals surface area contributed by atoms with Gasteiger partial charge in [0.25, 0.3) is 0 Å². The average Bonchev–Trinajstić information content (AvgIpc) is 3.17. The van der Waals surface area contributed by atoms with Crippen LogP contribution >= 0.6 is 0 Å². The lowest BCUT2D eigenvalue weighted by atomic mass is 9.79. The van der Waals surface area contributed by atoms with Gasteiger partial charge in [-0.2, -0.15) is 0 Å². The van der Waals surface area contributed by atoms with Crippen molar-refractivity contribution in [2.45, 2.75) is 38.1 Å². The van der Waals surface area contributed by atoms with E-state index in [1.54, 1.807) is 7.11 Å². The zero-order valence-electron chi connectivity index (χ0n) is 12.2. The molecule has 3 saturated carbocycles. The number of fused-ring (bicyclic) bond motifs is 5.